The van der Waals surface area contributed by atoms with Crippen LogP contribution in [0.1, 0.15) is 32.1 Å². The summed E-state index contributed by atoms with van der Waals surface area (Å²) in [6, 6.07) is -0.912. The number of nitrogens with two attached hydrogens (primary N) is 1. The molecule has 1 rings (SSSR count). The van der Waals surface area contributed by atoms with E-state index in [0.717, 1.165) is 0 Å². The lowest BCUT2D eigenvalue weighted by atomic mass is 10.1. The van der Waals surface area contributed by atoms with Gasteiger partial charge in [0.2, 0.25) is 10.0 Å². The Morgan fingerprint density at radius 1 is 1.22 bits per heavy atom. The van der Waals surface area contributed by atoms with E-state index >= 15 is 0 Å². The fourth-order valence-electron chi connectivity index (χ4n) is 2.51. The Kier molecular flexibility index (Phi) is 7.89. The Bertz CT molecular complexity index is 502. The predicted octanol–water partition coefficient (Wildman–Crippen LogP) is -0.963. The maximum absolute atomic E-state index is 12.2. The van der Waals surface area contributed by atoms with Gasteiger partial charge in [0.1, 0.15) is 6.04 Å². The summed E-state index contributed by atoms with van der Waals surface area (Å²) in [5, 5.41) is 16.8. The van der Waals surface area contributed by atoms with Crippen LogP contribution < -0.4 is 10.5 Å². The molecule has 1 aliphatic heterocycles. The molecule has 5 N–H and O–H groups in total. The van der Waals surface area contributed by atoms with Gasteiger partial charge in [-0.15, -0.1) is 0 Å². The van der Waals surface area contributed by atoms with E-state index in [2.05, 4.69) is 4.72 Å². The molecule has 0 aromatic heterocycles. The number of nitrogens with zero attached hydrogens (tertiary/aromatic N) is 1. The zero-order valence-electron chi connectivity index (χ0n) is 13.0. The van der Waals surface area contributed by atoms with Crippen LogP contribution in [0.25, 0.3) is 0 Å². The minimum absolute atomic E-state index is 0.0654. The topological polar surface area (TPSA) is 150 Å². The van der Waals surface area contributed by atoms with Crippen LogP contribution in [-0.2, 0) is 19.6 Å². The van der Waals surface area contributed by atoms with E-state index in [9.17, 15) is 18.0 Å². The smallest absolute Gasteiger partial charge is 0.320 e. The molecule has 134 valence electrons. The second-order valence-corrected chi connectivity index (χ2v) is 7.79. The summed E-state index contributed by atoms with van der Waals surface area (Å²) in [7, 11) is -3.42. The van der Waals surface area contributed by atoms with Crippen molar-refractivity contribution in [2.24, 2.45) is 5.73 Å². The maximum atomic E-state index is 12.2. The molecule has 0 aromatic carbocycles. The highest BCUT2D eigenvalue weighted by atomic mass is 32.2. The molecule has 0 aliphatic carbocycles. The molecule has 1 aliphatic rings. The van der Waals surface area contributed by atoms with E-state index in [4.69, 9.17) is 15.9 Å². The van der Waals surface area contributed by atoms with Gasteiger partial charge in [-0.3, -0.25) is 14.5 Å². The SMILES string of the molecule is N[C@@H](CCCCNS(=O)(=O)C1CCN(CC(=O)O)CC1)C(=O)O. The molecule has 0 unspecified atom stereocenters. The second kappa shape index (κ2) is 9.16. The van der Waals surface area contributed by atoms with Crippen molar-refractivity contribution < 1.29 is 28.2 Å². The molecule has 0 bridgehead atoms. The number of piperidine rings is 1. The van der Waals surface area contributed by atoms with Crippen LogP contribution in [0.5, 0.6) is 0 Å². The highest BCUT2D eigenvalue weighted by Gasteiger charge is 2.30. The van der Waals surface area contributed by atoms with E-state index in [1.807, 2.05) is 0 Å². The number of carbonyl (C=O) groups is 2. The van der Waals surface area contributed by atoms with Gasteiger partial charge in [0.05, 0.1) is 11.8 Å². The zero-order chi connectivity index (χ0) is 17.5. The van der Waals surface area contributed by atoms with Crippen LogP contribution in [0.2, 0.25) is 0 Å². The third-order valence-electron chi connectivity index (χ3n) is 3.89. The molecular formula is C13H25N3O6S. The number of carboxylic acids is 2. The van der Waals surface area contributed by atoms with Gasteiger partial charge in [0.25, 0.3) is 0 Å². The Morgan fingerprint density at radius 2 is 1.83 bits per heavy atom. The Balaban J connectivity index is 2.26. The summed E-state index contributed by atoms with van der Waals surface area (Å²) >= 11 is 0. The molecule has 0 radical (unpaired) electrons. The van der Waals surface area contributed by atoms with E-state index < -0.39 is 33.3 Å². The quantitative estimate of drug-likeness (QED) is 0.367. The Morgan fingerprint density at radius 3 is 2.35 bits per heavy atom. The van der Waals surface area contributed by atoms with Crippen LogP contribution in [0.4, 0.5) is 0 Å². The molecule has 10 heteroatoms. The molecule has 0 spiro atoms. The van der Waals surface area contributed by atoms with Crippen LogP contribution in [0.3, 0.4) is 0 Å². The van der Waals surface area contributed by atoms with E-state index in [1.54, 1.807) is 4.90 Å². The first kappa shape index (κ1) is 19.8. The molecule has 1 heterocycles. The van der Waals surface area contributed by atoms with E-state index in [-0.39, 0.29) is 13.1 Å². The minimum atomic E-state index is -3.42. The molecule has 0 aromatic rings. The molecule has 1 fully saturated rings. The Hall–Kier alpha value is -1.23. The second-order valence-electron chi connectivity index (χ2n) is 5.75. The maximum Gasteiger partial charge on any atom is 0.320 e. The number of aliphatic carboxylic acids is 2. The molecular weight excluding hydrogens is 326 g/mol. The van der Waals surface area contributed by atoms with Crippen molar-refractivity contribution in [1.29, 1.82) is 0 Å². The third-order valence-corrected chi connectivity index (χ3v) is 5.85. The van der Waals surface area contributed by atoms with Crippen molar-refractivity contribution in [1.82, 2.24) is 9.62 Å². The lowest BCUT2D eigenvalue weighted by Crippen LogP contribution is -2.45. The average molecular weight is 351 g/mol. The number of rotatable bonds is 10. The number of carboxylic acid groups (broad SMARTS) is 2. The standard InChI is InChI=1S/C13H25N3O6S/c14-11(13(19)20)3-1-2-6-15-23(21,22)10-4-7-16(8-5-10)9-12(17)18/h10-11,15H,1-9,14H2,(H,17,18)(H,19,20)/t11-/m0/s1. The molecule has 0 saturated carbocycles. The van der Waals surface area contributed by atoms with Crippen molar-refractivity contribution in [2.45, 2.75) is 43.4 Å². The van der Waals surface area contributed by atoms with Crippen molar-refractivity contribution in [3.8, 4) is 0 Å². The normalized spacial score (nSPS) is 18.7. The molecule has 1 atom stereocenters. The number of unbranched alkanes of at least 4 members (excludes halogenated alkanes) is 1. The minimum Gasteiger partial charge on any atom is -0.480 e. The molecule has 0 amide bonds. The molecule has 9 nitrogen and oxygen atoms in total. The molecule has 23 heavy (non-hydrogen) atoms. The zero-order valence-corrected chi connectivity index (χ0v) is 13.8. The van der Waals surface area contributed by atoms with Crippen LogP contribution >= 0.6 is 0 Å². The van der Waals surface area contributed by atoms with Crippen molar-refractivity contribution in [3.63, 3.8) is 0 Å². The summed E-state index contributed by atoms with van der Waals surface area (Å²) in [4.78, 5) is 22.9. The largest absolute Gasteiger partial charge is 0.480 e. The van der Waals surface area contributed by atoms with Crippen molar-refractivity contribution in [2.75, 3.05) is 26.2 Å². The average Bonchev–Trinajstić information content (AvgIpc) is 2.46. The Labute approximate surface area is 135 Å². The molecule has 1 saturated heterocycles. The number of sulfonamides is 1. The number of hydrogen-bond donors (Lipinski definition) is 4. The summed E-state index contributed by atoms with van der Waals surface area (Å²) in [5.74, 6) is -1.97. The fraction of sp³-hybridized carbons (Fsp3) is 0.846. The summed E-state index contributed by atoms with van der Waals surface area (Å²) in [6.45, 7) is 1.09. The van der Waals surface area contributed by atoms with Crippen LogP contribution in [-0.4, -0.2) is 72.9 Å². The van der Waals surface area contributed by atoms with Gasteiger partial charge in [0, 0.05) is 19.6 Å². The van der Waals surface area contributed by atoms with Crippen LogP contribution in [0.15, 0.2) is 0 Å². The first-order valence-corrected chi connectivity index (χ1v) is 9.18. The summed E-state index contributed by atoms with van der Waals surface area (Å²) in [5.41, 5.74) is 5.36. The van der Waals surface area contributed by atoms with Gasteiger partial charge in [0.15, 0.2) is 0 Å². The van der Waals surface area contributed by atoms with Crippen LogP contribution in [0, 0.1) is 0 Å². The summed E-state index contributed by atoms with van der Waals surface area (Å²) < 4.78 is 26.8. The van der Waals surface area contributed by atoms with Crippen molar-refractivity contribution >= 4 is 22.0 Å². The third kappa shape index (κ3) is 7.25. The lowest BCUT2D eigenvalue weighted by Gasteiger charge is -2.30. The van der Waals surface area contributed by atoms with Gasteiger partial charge in [-0.1, -0.05) is 6.42 Å². The predicted molar refractivity (Wildman–Crippen MR) is 83.5 cm³/mol. The first-order valence-electron chi connectivity index (χ1n) is 7.63. The highest BCUT2D eigenvalue weighted by Crippen LogP contribution is 2.17. The van der Waals surface area contributed by atoms with Gasteiger partial charge < -0.3 is 15.9 Å². The van der Waals surface area contributed by atoms with Gasteiger partial charge in [-0.05, 0) is 25.7 Å². The van der Waals surface area contributed by atoms with Gasteiger partial charge >= 0.3 is 11.9 Å². The number of hydrogen-bond acceptors (Lipinski definition) is 6. The monoisotopic (exact) mass is 351 g/mol. The van der Waals surface area contributed by atoms with E-state index in [1.165, 1.54) is 0 Å². The first-order chi connectivity index (χ1) is 10.7. The number of likely N-dealkylation sites (tertiary alicyclic amines) is 1. The van der Waals surface area contributed by atoms with Crippen molar-refractivity contribution in [3.05, 3.63) is 0 Å². The lowest BCUT2D eigenvalue weighted by molar-refractivity contribution is -0.139. The van der Waals surface area contributed by atoms with Gasteiger partial charge in [-0.25, -0.2) is 13.1 Å². The van der Waals surface area contributed by atoms with E-state index in [0.29, 0.717) is 45.2 Å². The number of nitrogens with one attached hydrogen (secondary N) is 1. The fourth-order valence-corrected chi connectivity index (χ4v) is 4.01. The highest BCUT2D eigenvalue weighted by molar-refractivity contribution is 7.90. The van der Waals surface area contributed by atoms with Gasteiger partial charge in [-0.2, -0.15) is 0 Å². The summed E-state index contributed by atoms with van der Waals surface area (Å²) in [6.07, 6.45) is 2.19.